The highest BCUT2D eigenvalue weighted by Crippen LogP contribution is 2.86. The molecule has 7 rings (SSSR count). The summed E-state index contributed by atoms with van der Waals surface area (Å²) in [7, 11) is -6.33. The van der Waals surface area contributed by atoms with Crippen LogP contribution in [-0.2, 0) is 9.47 Å². The van der Waals surface area contributed by atoms with Gasteiger partial charge in [0.2, 0.25) is 22.5 Å². The molecule has 0 aromatic heterocycles. The minimum Gasteiger partial charge on any atom is -0.379 e. The Morgan fingerprint density at radius 2 is 0.600 bits per heavy atom. The Hall–Kier alpha value is 0.370. The second kappa shape index (κ2) is 7.18. The fourth-order valence-electron chi connectivity index (χ4n) is 4.65. The van der Waals surface area contributed by atoms with Crippen LogP contribution < -0.4 is 0 Å². The first kappa shape index (κ1) is 19.8. The van der Waals surface area contributed by atoms with Gasteiger partial charge in [-0.2, -0.15) is 13.5 Å². The number of hydrogen-bond donors (Lipinski definition) is 0. The van der Waals surface area contributed by atoms with E-state index >= 15 is 0 Å². The van der Waals surface area contributed by atoms with Crippen LogP contribution in [0.25, 0.3) is 0 Å². The highest BCUT2D eigenvalue weighted by atomic mass is 31.3. The SMILES string of the molecule is C1CN([P@@]2(N3CC3)=NP(N3CC3)(N3CC3)=N[P@@](N3CCOCC3)(N3CC3)=N2)CCO1. The molecule has 0 aromatic rings. The van der Waals surface area contributed by atoms with Crippen LogP contribution in [0.1, 0.15) is 0 Å². The van der Waals surface area contributed by atoms with Crippen LogP contribution in [0, 0.1) is 0 Å². The number of ether oxygens (including phenoxy) is 2. The maximum absolute atomic E-state index is 5.89. The van der Waals surface area contributed by atoms with Crippen LogP contribution in [0.3, 0.4) is 0 Å². The van der Waals surface area contributed by atoms with Gasteiger partial charge in [0.05, 0.1) is 26.4 Å². The van der Waals surface area contributed by atoms with E-state index in [0.717, 1.165) is 105 Å². The summed E-state index contributed by atoms with van der Waals surface area (Å²) in [4.78, 5) is 0. The molecule has 7 aliphatic rings. The van der Waals surface area contributed by atoms with E-state index in [2.05, 4.69) is 28.0 Å². The van der Waals surface area contributed by atoms with Crippen LogP contribution in [0.4, 0.5) is 0 Å². The summed E-state index contributed by atoms with van der Waals surface area (Å²) in [5, 5.41) is 0. The Bertz CT molecular complexity index is 835. The molecule has 14 heteroatoms. The molecule has 6 saturated heterocycles. The average Bonchev–Trinajstić information content (AvgIpc) is 3.62. The highest BCUT2D eigenvalue weighted by Gasteiger charge is 2.58. The van der Waals surface area contributed by atoms with Gasteiger partial charge in [0.25, 0.3) is 0 Å². The Morgan fingerprint density at radius 1 is 0.367 bits per heavy atom. The van der Waals surface area contributed by atoms with Crippen molar-refractivity contribution in [3.8, 4) is 0 Å². The molecule has 0 spiro atoms. The molecule has 11 nitrogen and oxygen atoms in total. The molecule has 6 fully saturated rings. The largest absolute Gasteiger partial charge is 0.379 e. The van der Waals surface area contributed by atoms with E-state index in [9.17, 15) is 0 Å². The lowest BCUT2D eigenvalue weighted by atomic mass is 10.5. The molecule has 30 heavy (non-hydrogen) atoms. The number of nitrogens with zero attached hydrogens (tertiary/aromatic N) is 9. The van der Waals surface area contributed by atoms with E-state index in [4.69, 9.17) is 23.0 Å². The molecule has 0 aromatic carbocycles. The van der Waals surface area contributed by atoms with Gasteiger partial charge in [0, 0.05) is 78.5 Å². The van der Waals surface area contributed by atoms with Crippen molar-refractivity contribution in [2.45, 2.75) is 0 Å². The molecule has 0 N–H and O–H groups in total. The van der Waals surface area contributed by atoms with Crippen LogP contribution in [0.15, 0.2) is 13.5 Å². The van der Waals surface area contributed by atoms with Crippen molar-refractivity contribution in [1.82, 2.24) is 28.0 Å². The first-order valence-electron chi connectivity index (χ1n) is 11.3. The standard InChI is InChI=1S/C16H32N9O2P3/c1-2-20(1)28(21-3-4-21)17-29(22-5-6-22,24-9-13-26-14-10-24)19-30(18-28,23-7-8-23)25-11-15-27-16-12-25/h1-16H2/t29-,30-/m0/s1. The van der Waals surface area contributed by atoms with Crippen LogP contribution >= 0.6 is 22.5 Å². The minimum absolute atomic E-state index is 0.795. The lowest BCUT2D eigenvalue weighted by Crippen LogP contribution is -2.38. The van der Waals surface area contributed by atoms with E-state index in [0.29, 0.717) is 0 Å². The molecule has 0 unspecified atom stereocenters. The number of morpholine rings is 2. The van der Waals surface area contributed by atoms with Gasteiger partial charge in [0.15, 0.2) is 0 Å². The van der Waals surface area contributed by atoms with Crippen LogP contribution in [0.2, 0.25) is 0 Å². The average molecular weight is 475 g/mol. The van der Waals surface area contributed by atoms with Crippen molar-refractivity contribution in [1.29, 1.82) is 0 Å². The fraction of sp³-hybridized carbons (Fsp3) is 1.00. The third-order valence-corrected chi connectivity index (χ3v) is 19.4. The van der Waals surface area contributed by atoms with Gasteiger partial charge >= 0.3 is 0 Å². The summed E-state index contributed by atoms with van der Waals surface area (Å²) in [5.74, 6) is 0. The molecule has 0 aliphatic carbocycles. The van der Waals surface area contributed by atoms with Gasteiger partial charge in [-0.05, 0) is 0 Å². The Balaban J connectivity index is 1.48. The van der Waals surface area contributed by atoms with E-state index in [1.165, 1.54) is 0 Å². The molecule has 0 saturated carbocycles. The topological polar surface area (TPSA) is 74.1 Å². The maximum Gasteiger partial charge on any atom is 0.221 e. The third-order valence-electron chi connectivity index (χ3n) is 6.67. The fourth-order valence-corrected chi connectivity index (χ4v) is 20.3. The summed E-state index contributed by atoms with van der Waals surface area (Å²) in [6.45, 7) is 16.0. The zero-order valence-corrected chi connectivity index (χ0v) is 20.2. The first-order valence-corrected chi connectivity index (χ1v) is 16.1. The van der Waals surface area contributed by atoms with E-state index < -0.39 is 22.5 Å². The number of hydrogen-bond acceptors (Lipinski definition) is 11. The summed E-state index contributed by atoms with van der Waals surface area (Å²) < 4.78 is 44.7. The normalized spacial score (nSPS) is 42.8. The van der Waals surface area contributed by atoms with Crippen molar-refractivity contribution >= 4 is 22.5 Å². The van der Waals surface area contributed by atoms with E-state index in [-0.39, 0.29) is 0 Å². The smallest absolute Gasteiger partial charge is 0.221 e. The first-order chi connectivity index (χ1) is 14.8. The van der Waals surface area contributed by atoms with Gasteiger partial charge in [-0.15, -0.1) is 0 Å². The zero-order chi connectivity index (χ0) is 19.8. The van der Waals surface area contributed by atoms with Crippen LogP contribution in [0.5, 0.6) is 0 Å². The molecular weight excluding hydrogens is 443 g/mol. The maximum atomic E-state index is 5.89. The summed E-state index contributed by atoms with van der Waals surface area (Å²) >= 11 is 0. The monoisotopic (exact) mass is 475 g/mol. The van der Waals surface area contributed by atoms with Gasteiger partial charge in [-0.3, -0.25) is 0 Å². The summed E-state index contributed by atoms with van der Waals surface area (Å²) in [6.07, 6.45) is 0. The Kier molecular flexibility index (Phi) is 4.74. The quantitative estimate of drug-likeness (QED) is 0.425. The van der Waals surface area contributed by atoms with Crippen molar-refractivity contribution in [2.75, 3.05) is 105 Å². The van der Waals surface area contributed by atoms with Gasteiger partial charge in [0.1, 0.15) is 0 Å². The lowest BCUT2D eigenvalue weighted by molar-refractivity contribution is 0.0717. The van der Waals surface area contributed by atoms with Crippen molar-refractivity contribution in [2.24, 2.45) is 13.5 Å². The second-order valence-corrected chi connectivity index (χ2v) is 17.6. The summed E-state index contributed by atoms with van der Waals surface area (Å²) in [6, 6.07) is 0. The summed E-state index contributed by atoms with van der Waals surface area (Å²) in [5.41, 5.74) is 0. The van der Waals surface area contributed by atoms with Gasteiger partial charge < -0.3 is 9.47 Å². The molecule has 2 atom stereocenters. The molecule has 0 bridgehead atoms. The second-order valence-electron chi connectivity index (χ2n) is 8.83. The number of rotatable bonds is 6. The van der Waals surface area contributed by atoms with Crippen molar-refractivity contribution in [3.63, 3.8) is 0 Å². The predicted molar refractivity (Wildman–Crippen MR) is 119 cm³/mol. The molecule has 0 radical (unpaired) electrons. The molecular formula is C16H32N9O2P3. The molecule has 0 amide bonds. The molecule has 168 valence electrons. The van der Waals surface area contributed by atoms with Gasteiger partial charge in [-0.1, -0.05) is 0 Å². The predicted octanol–water partition coefficient (Wildman–Crippen LogP) is 1.77. The third kappa shape index (κ3) is 3.13. The minimum atomic E-state index is -2.14. The van der Waals surface area contributed by atoms with Gasteiger partial charge in [-0.25, -0.2) is 28.0 Å². The lowest BCUT2D eigenvalue weighted by Gasteiger charge is -2.46. The van der Waals surface area contributed by atoms with Crippen LogP contribution in [-0.4, -0.2) is 133 Å². The zero-order valence-electron chi connectivity index (χ0n) is 17.5. The van der Waals surface area contributed by atoms with Crippen molar-refractivity contribution < 1.29 is 9.47 Å². The Labute approximate surface area is 178 Å². The molecule has 7 heterocycles. The highest BCUT2D eigenvalue weighted by molar-refractivity contribution is 7.83. The Morgan fingerprint density at radius 3 is 0.833 bits per heavy atom. The van der Waals surface area contributed by atoms with E-state index in [1.54, 1.807) is 0 Å². The van der Waals surface area contributed by atoms with Crippen molar-refractivity contribution in [3.05, 3.63) is 0 Å². The molecule has 7 aliphatic heterocycles. The van der Waals surface area contributed by atoms with E-state index in [1.807, 2.05) is 0 Å².